The van der Waals surface area contributed by atoms with Gasteiger partial charge in [0.1, 0.15) is 0 Å². The molecular weight excluding hydrogens is 330 g/mol. The molecule has 0 spiro atoms. The highest BCUT2D eigenvalue weighted by Crippen LogP contribution is 2.37. The summed E-state index contributed by atoms with van der Waals surface area (Å²) in [5.41, 5.74) is 4.01. The molecule has 26 heavy (non-hydrogen) atoms. The zero-order chi connectivity index (χ0) is 19.9. The van der Waals surface area contributed by atoms with Crippen molar-refractivity contribution in [1.29, 1.82) is 0 Å². The van der Waals surface area contributed by atoms with Gasteiger partial charge in [-0.15, -0.1) is 0 Å². The van der Waals surface area contributed by atoms with Crippen LogP contribution in [0.3, 0.4) is 0 Å². The second-order valence-corrected chi connectivity index (χ2v) is 8.37. The third kappa shape index (κ3) is 7.89. The van der Waals surface area contributed by atoms with E-state index in [1.165, 1.54) is 24.0 Å². The maximum absolute atomic E-state index is 12.3. The number of aryl methyl sites for hydroxylation is 2. The SMILES string of the molecule is Cc1ccc(CC(=O)NC2CCC(C(C)(C)C)CC2)c(C)c1.O=C(O)O. The predicted octanol–water partition coefficient (Wildman–Crippen LogP) is 4.79. The minimum atomic E-state index is -1.83. The van der Waals surface area contributed by atoms with Gasteiger partial charge in [-0.3, -0.25) is 4.79 Å². The monoisotopic (exact) mass is 363 g/mol. The number of nitrogens with one attached hydrogen (secondary N) is 1. The first kappa shape index (κ1) is 22.0. The van der Waals surface area contributed by atoms with Gasteiger partial charge in [0.15, 0.2) is 0 Å². The molecule has 1 aromatic rings. The number of hydrogen-bond acceptors (Lipinski definition) is 2. The summed E-state index contributed by atoms with van der Waals surface area (Å²) in [6.45, 7) is 11.2. The Bertz CT molecular complexity index is 607. The molecule has 2 rings (SSSR count). The van der Waals surface area contributed by atoms with Gasteiger partial charge in [-0.1, -0.05) is 44.5 Å². The molecule has 1 aromatic carbocycles. The molecule has 0 atom stereocenters. The topological polar surface area (TPSA) is 86.6 Å². The van der Waals surface area contributed by atoms with Gasteiger partial charge in [0.2, 0.25) is 5.91 Å². The Kier molecular flexibility index (Phi) is 8.12. The molecule has 5 nitrogen and oxygen atoms in total. The number of hydrogen-bond donors (Lipinski definition) is 3. The minimum absolute atomic E-state index is 0.172. The molecule has 0 radical (unpaired) electrons. The van der Waals surface area contributed by atoms with Crippen LogP contribution in [0.4, 0.5) is 4.79 Å². The van der Waals surface area contributed by atoms with Gasteiger partial charge in [0, 0.05) is 6.04 Å². The van der Waals surface area contributed by atoms with Crippen molar-refractivity contribution in [3.05, 3.63) is 34.9 Å². The van der Waals surface area contributed by atoms with Gasteiger partial charge < -0.3 is 15.5 Å². The normalized spacial score (nSPS) is 19.9. The summed E-state index contributed by atoms with van der Waals surface area (Å²) in [6.07, 6.45) is 3.39. The minimum Gasteiger partial charge on any atom is -0.450 e. The molecule has 5 heteroatoms. The van der Waals surface area contributed by atoms with Crippen LogP contribution in [0.1, 0.15) is 63.1 Å². The van der Waals surface area contributed by atoms with Crippen molar-refractivity contribution in [3.63, 3.8) is 0 Å². The molecule has 0 aliphatic heterocycles. The highest BCUT2D eigenvalue weighted by molar-refractivity contribution is 5.79. The van der Waals surface area contributed by atoms with Crippen molar-refractivity contribution in [3.8, 4) is 0 Å². The molecule has 1 aliphatic rings. The Labute approximate surface area is 156 Å². The van der Waals surface area contributed by atoms with Crippen LogP contribution in [0.25, 0.3) is 0 Å². The van der Waals surface area contributed by atoms with E-state index in [9.17, 15) is 4.79 Å². The van der Waals surface area contributed by atoms with Crippen LogP contribution in [0.2, 0.25) is 0 Å². The van der Waals surface area contributed by atoms with Gasteiger partial charge in [-0.25, -0.2) is 4.79 Å². The molecule has 1 fully saturated rings. The first-order valence-electron chi connectivity index (χ1n) is 9.26. The van der Waals surface area contributed by atoms with E-state index < -0.39 is 6.16 Å². The van der Waals surface area contributed by atoms with Crippen molar-refractivity contribution < 1.29 is 19.8 Å². The van der Waals surface area contributed by atoms with Gasteiger partial charge >= 0.3 is 6.16 Å². The molecular formula is C21H33NO4. The smallest absolute Gasteiger partial charge is 0.450 e. The quantitative estimate of drug-likeness (QED) is 0.720. The lowest BCUT2D eigenvalue weighted by Crippen LogP contribution is -2.40. The number of carboxylic acid groups (broad SMARTS) is 2. The summed E-state index contributed by atoms with van der Waals surface area (Å²) in [4.78, 5) is 20.8. The zero-order valence-corrected chi connectivity index (χ0v) is 16.6. The van der Waals surface area contributed by atoms with E-state index in [1.807, 2.05) is 0 Å². The summed E-state index contributed by atoms with van der Waals surface area (Å²) in [5, 5.41) is 17.2. The van der Waals surface area contributed by atoms with Crippen molar-refractivity contribution in [2.75, 3.05) is 0 Å². The predicted molar refractivity (Wildman–Crippen MR) is 104 cm³/mol. The van der Waals surface area contributed by atoms with E-state index in [1.54, 1.807) is 0 Å². The van der Waals surface area contributed by atoms with Crippen LogP contribution < -0.4 is 5.32 Å². The number of rotatable bonds is 3. The van der Waals surface area contributed by atoms with Gasteiger partial charge in [-0.2, -0.15) is 0 Å². The maximum Gasteiger partial charge on any atom is 0.503 e. The van der Waals surface area contributed by atoms with Gasteiger partial charge in [0.05, 0.1) is 6.42 Å². The summed E-state index contributed by atoms with van der Waals surface area (Å²) in [7, 11) is 0. The summed E-state index contributed by atoms with van der Waals surface area (Å²) < 4.78 is 0. The lowest BCUT2D eigenvalue weighted by atomic mass is 9.71. The Morgan fingerprint density at radius 1 is 1.08 bits per heavy atom. The van der Waals surface area contributed by atoms with Crippen molar-refractivity contribution in [2.24, 2.45) is 11.3 Å². The second-order valence-electron chi connectivity index (χ2n) is 8.37. The molecule has 0 heterocycles. The third-order valence-electron chi connectivity index (χ3n) is 5.17. The summed E-state index contributed by atoms with van der Waals surface area (Å²) in [6, 6.07) is 6.69. The van der Waals surface area contributed by atoms with E-state index in [-0.39, 0.29) is 5.91 Å². The van der Waals surface area contributed by atoms with E-state index in [0.29, 0.717) is 17.9 Å². The zero-order valence-electron chi connectivity index (χ0n) is 16.6. The molecule has 0 saturated heterocycles. The van der Waals surface area contributed by atoms with Gasteiger partial charge in [0.25, 0.3) is 0 Å². The molecule has 146 valence electrons. The van der Waals surface area contributed by atoms with Crippen LogP contribution in [-0.4, -0.2) is 28.3 Å². The van der Waals surface area contributed by atoms with Crippen LogP contribution >= 0.6 is 0 Å². The van der Waals surface area contributed by atoms with E-state index >= 15 is 0 Å². The second kappa shape index (κ2) is 9.60. The molecule has 0 bridgehead atoms. The molecule has 0 unspecified atom stereocenters. The first-order chi connectivity index (χ1) is 12.0. The lowest BCUT2D eigenvalue weighted by molar-refractivity contribution is -0.121. The Hall–Kier alpha value is -2.04. The molecule has 0 aromatic heterocycles. The standard InChI is InChI=1S/C20H31NO.CH2O3/c1-14-6-7-16(15(2)12-14)13-19(22)21-18-10-8-17(9-11-18)20(3,4)5;2-1(3)4/h6-7,12,17-18H,8-11,13H2,1-5H3,(H,21,22);(H2,2,3,4). The molecule has 1 saturated carbocycles. The Balaban J connectivity index is 0.000000765. The van der Waals surface area contributed by atoms with Crippen LogP contribution in [-0.2, 0) is 11.2 Å². The fourth-order valence-electron chi connectivity index (χ4n) is 3.60. The Morgan fingerprint density at radius 2 is 1.62 bits per heavy atom. The van der Waals surface area contributed by atoms with Gasteiger partial charge in [-0.05, 0) is 62.0 Å². The average molecular weight is 363 g/mol. The number of carbonyl (C=O) groups excluding carboxylic acids is 1. The van der Waals surface area contributed by atoms with E-state index in [2.05, 4.69) is 58.1 Å². The van der Waals surface area contributed by atoms with Crippen molar-refractivity contribution >= 4 is 12.1 Å². The Morgan fingerprint density at radius 3 is 2.08 bits per heavy atom. The van der Waals surface area contributed by atoms with Crippen LogP contribution in [0, 0.1) is 25.2 Å². The number of benzene rings is 1. The molecule has 1 amide bonds. The summed E-state index contributed by atoms with van der Waals surface area (Å²) >= 11 is 0. The van der Waals surface area contributed by atoms with Crippen LogP contribution in [0.15, 0.2) is 18.2 Å². The average Bonchev–Trinajstić information content (AvgIpc) is 2.49. The van der Waals surface area contributed by atoms with Crippen molar-refractivity contribution in [2.45, 2.75) is 72.8 Å². The van der Waals surface area contributed by atoms with Crippen molar-refractivity contribution in [1.82, 2.24) is 5.32 Å². The van der Waals surface area contributed by atoms with E-state index in [0.717, 1.165) is 24.3 Å². The molecule has 1 aliphatic carbocycles. The maximum atomic E-state index is 12.3. The van der Waals surface area contributed by atoms with E-state index in [4.69, 9.17) is 15.0 Å². The highest BCUT2D eigenvalue weighted by Gasteiger charge is 2.30. The fraction of sp³-hybridized carbons (Fsp3) is 0.619. The number of carbonyl (C=O) groups is 2. The fourth-order valence-corrected chi connectivity index (χ4v) is 3.60. The largest absolute Gasteiger partial charge is 0.503 e. The highest BCUT2D eigenvalue weighted by atomic mass is 16.6. The van der Waals surface area contributed by atoms with Crippen LogP contribution in [0.5, 0.6) is 0 Å². The summed E-state index contributed by atoms with van der Waals surface area (Å²) in [5.74, 6) is 0.964. The molecule has 3 N–H and O–H groups in total. The first-order valence-corrected chi connectivity index (χ1v) is 9.26. The third-order valence-corrected chi connectivity index (χ3v) is 5.17. The lowest BCUT2D eigenvalue weighted by Gasteiger charge is -2.37. The number of amides is 1.